The van der Waals surface area contributed by atoms with Crippen molar-refractivity contribution >= 4 is 17.4 Å². The van der Waals surface area contributed by atoms with Crippen LogP contribution in [0.2, 0.25) is 0 Å². The Balaban J connectivity index is 1.89. The summed E-state index contributed by atoms with van der Waals surface area (Å²) >= 11 is 6.39. The molecule has 7 atom stereocenters. The molecular weight excluding hydrogens is 316 g/mol. The Morgan fingerprint density at radius 3 is 2.74 bits per heavy atom. The molecular formula is C17H29ClN2O3. The van der Waals surface area contributed by atoms with Crippen molar-refractivity contribution in [3.63, 3.8) is 0 Å². The minimum Gasteiger partial charge on any atom is -0.385 e. The highest BCUT2D eigenvalue weighted by Gasteiger charge is 2.58. The smallest absolute Gasteiger partial charge is 0.131 e. The molecule has 7 unspecified atom stereocenters. The van der Waals surface area contributed by atoms with Crippen molar-refractivity contribution in [2.75, 3.05) is 13.7 Å². The first-order valence-electron chi connectivity index (χ1n) is 8.85. The lowest BCUT2D eigenvalue weighted by Crippen LogP contribution is -2.60. The van der Waals surface area contributed by atoms with E-state index < -0.39 is 5.60 Å². The van der Waals surface area contributed by atoms with Gasteiger partial charge in [-0.25, -0.2) is 0 Å². The van der Waals surface area contributed by atoms with Gasteiger partial charge in [-0.05, 0) is 45.4 Å². The van der Waals surface area contributed by atoms with E-state index >= 15 is 0 Å². The van der Waals surface area contributed by atoms with E-state index in [9.17, 15) is 5.11 Å². The van der Waals surface area contributed by atoms with Crippen LogP contribution in [0.25, 0.3) is 0 Å². The number of ether oxygens (including phenoxy) is 2. The summed E-state index contributed by atoms with van der Waals surface area (Å²) < 4.78 is 11.5. The summed E-state index contributed by atoms with van der Waals surface area (Å²) in [5, 5.41) is 11.8. The van der Waals surface area contributed by atoms with E-state index in [-0.39, 0.29) is 35.5 Å². The van der Waals surface area contributed by atoms with Crippen LogP contribution in [0.5, 0.6) is 0 Å². The zero-order valence-corrected chi connectivity index (χ0v) is 14.8. The number of methoxy groups -OCH3 is 1. The van der Waals surface area contributed by atoms with Crippen molar-refractivity contribution in [3.8, 4) is 0 Å². The van der Waals surface area contributed by atoms with Gasteiger partial charge >= 0.3 is 0 Å². The lowest BCUT2D eigenvalue weighted by molar-refractivity contribution is -0.126. The van der Waals surface area contributed by atoms with Crippen LogP contribution in [0.4, 0.5) is 0 Å². The van der Waals surface area contributed by atoms with Crippen LogP contribution in [-0.2, 0) is 9.47 Å². The van der Waals surface area contributed by atoms with Crippen molar-refractivity contribution in [3.05, 3.63) is 0 Å². The number of amidine groups is 1. The molecule has 3 rings (SSSR count). The number of halogens is 1. The van der Waals surface area contributed by atoms with E-state index in [4.69, 9.17) is 26.8 Å². The van der Waals surface area contributed by atoms with Gasteiger partial charge in [0.05, 0.1) is 18.2 Å². The first-order valence-corrected chi connectivity index (χ1v) is 9.28. The Hall–Kier alpha value is -0.360. The van der Waals surface area contributed by atoms with E-state index in [1.165, 1.54) is 0 Å². The molecule has 1 aliphatic heterocycles. The Labute approximate surface area is 143 Å². The lowest BCUT2D eigenvalue weighted by atomic mass is 9.64. The fourth-order valence-electron chi connectivity index (χ4n) is 4.86. The average molecular weight is 345 g/mol. The standard InChI is InChI=1S/C17H29ClN2O3/c1-3-23-15-7-5-11(22-2)9-13(15)17(21)12-8-10(18)4-6-14(12)20-16(17)19/h10-15,21H,3-9H2,1-2H3,(H2,19,20). The summed E-state index contributed by atoms with van der Waals surface area (Å²) in [5.74, 6) is 0.300. The highest BCUT2D eigenvalue weighted by atomic mass is 35.5. The largest absolute Gasteiger partial charge is 0.385 e. The summed E-state index contributed by atoms with van der Waals surface area (Å²) in [5.41, 5.74) is 5.14. The Bertz CT molecular complexity index is 461. The van der Waals surface area contributed by atoms with Gasteiger partial charge in [-0.1, -0.05) is 0 Å². The first kappa shape index (κ1) is 17.5. The molecule has 0 aromatic rings. The molecule has 132 valence electrons. The number of aliphatic imine (C=N–C) groups is 1. The normalized spacial score (nSPS) is 47.2. The maximum Gasteiger partial charge on any atom is 0.131 e. The van der Waals surface area contributed by atoms with Crippen LogP contribution in [0.3, 0.4) is 0 Å². The van der Waals surface area contributed by atoms with E-state index in [1.807, 2.05) is 6.92 Å². The number of fused-ring (bicyclic) bond motifs is 1. The third-order valence-electron chi connectivity index (χ3n) is 6.05. The molecule has 3 aliphatic rings. The fourth-order valence-corrected chi connectivity index (χ4v) is 5.18. The van der Waals surface area contributed by atoms with E-state index in [0.717, 1.165) is 38.5 Å². The SMILES string of the molecule is CCOC1CCC(OC)CC1C1(O)C(N)=NC2CCC(Cl)CC21. The van der Waals surface area contributed by atoms with Crippen LogP contribution in [-0.4, -0.2) is 53.9 Å². The summed E-state index contributed by atoms with van der Waals surface area (Å²) in [6, 6.07) is 0.0974. The van der Waals surface area contributed by atoms with Gasteiger partial charge in [-0.3, -0.25) is 4.99 Å². The highest BCUT2D eigenvalue weighted by Crippen LogP contribution is 2.49. The molecule has 23 heavy (non-hydrogen) atoms. The topological polar surface area (TPSA) is 77.1 Å². The molecule has 6 heteroatoms. The first-order chi connectivity index (χ1) is 11.0. The Kier molecular flexibility index (Phi) is 5.21. The third-order valence-corrected chi connectivity index (χ3v) is 6.44. The molecule has 0 aromatic carbocycles. The number of alkyl halides is 1. The minimum atomic E-state index is -1.12. The maximum atomic E-state index is 11.7. The quantitative estimate of drug-likeness (QED) is 0.765. The molecule has 2 fully saturated rings. The Morgan fingerprint density at radius 2 is 2.04 bits per heavy atom. The molecule has 1 heterocycles. The zero-order valence-electron chi connectivity index (χ0n) is 14.1. The minimum absolute atomic E-state index is 0.000368. The number of hydrogen-bond acceptors (Lipinski definition) is 5. The zero-order chi connectivity index (χ0) is 16.6. The van der Waals surface area contributed by atoms with E-state index in [1.54, 1.807) is 7.11 Å². The predicted molar refractivity (Wildman–Crippen MR) is 90.9 cm³/mol. The van der Waals surface area contributed by atoms with Gasteiger partial charge in [0.1, 0.15) is 11.4 Å². The maximum absolute atomic E-state index is 11.7. The highest BCUT2D eigenvalue weighted by molar-refractivity contribution is 6.20. The molecule has 0 amide bonds. The molecule has 2 aliphatic carbocycles. The summed E-state index contributed by atoms with van der Waals surface area (Å²) in [6.07, 6.45) is 5.34. The van der Waals surface area contributed by atoms with Gasteiger partial charge in [-0.15, -0.1) is 11.6 Å². The van der Waals surface area contributed by atoms with Gasteiger partial charge in [0.25, 0.3) is 0 Å². The van der Waals surface area contributed by atoms with Crippen molar-refractivity contribution in [1.82, 2.24) is 0 Å². The van der Waals surface area contributed by atoms with Crippen molar-refractivity contribution in [1.29, 1.82) is 0 Å². The van der Waals surface area contributed by atoms with Crippen LogP contribution < -0.4 is 5.73 Å². The second-order valence-corrected chi connectivity index (χ2v) is 7.81. The van der Waals surface area contributed by atoms with Gasteiger partial charge in [0.15, 0.2) is 0 Å². The molecule has 0 bridgehead atoms. The van der Waals surface area contributed by atoms with Crippen LogP contribution in [0.1, 0.15) is 45.4 Å². The second-order valence-electron chi connectivity index (χ2n) is 7.19. The summed E-state index contributed by atoms with van der Waals surface area (Å²) in [7, 11) is 1.73. The molecule has 2 saturated carbocycles. The number of nitrogens with two attached hydrogens (primary N) is 1. The molecule has 5 nitrogen and oxygen atoms in total. The average Bonchev–Trinajstić information content (AvgIpc) is 2.80. The number of rotatable bonds is 4. The number of aliphatic hydroxyl groups is 1. The predicted octanol–water partition coefficient (Wildman–Crippen LogP) is 2.08. The third kappa shape index (κ3) is 3.01. The van der Waals surface area contributed by atoms with Gasteiger partial charge in [-0.2, -0.15) is 0 Å². The van der Waals surface area contributed by atoms with Crippen molar-refractivity contribution in [2.45, 2.75) is 74.7 Å². The monoisotopic (exact) mass is 344 g/mol. The van der Waals surface area contributed by atoms with E-state index in [2.05, 4.69) is 4.99 Å². The molecule has 0 saturated heterocycles. The number of nitrogens with zero attached hydrogens (tertiary/aromatic N) is 1. The fraction of sp³-hybridized carbons (Fsp3) is 0.941. The molecule has 0 spiro atoms. The van der Waals surface area contributed by atoms with E-state index in [0.29, 0.717) is 12.4 Å². The van der Waals surface area contributed by atoms with Gasteiger partial charge < -0.3 is 20.3 Å². The lowest BCUT2D eigenvalue weighted by Gasteiger charge is -2.47. The second kappa shape index (κ2) is 6.87. The number of hydrogen-bond donors (Lipinski definition) is 2. The molecule has 0 radical (unpaired) electrons. The van der Waals surface area contributed by atoms with Crippen molar-refractivity contribution < 1.29 is 14.6 Å². The Morgan fingerprint density at radius 1 is 1.26 bits per heavy atom. The summed E-state index contributed by atoms with van der Waals surface area (Å²) in [4.78, 5) is 4.61. The summed E-state index contributed by atoms with van der Waals surface area (Å²) in [6.45, 7) is 2.63. The van der Waals surface area contributed by atoms with Crippen molar-refractivity contribution in [2.24, 2.45) is 22.6 Å². The van der Waals surface area contributed by atoms with Gasteiger partial charge in [0.2, 0.25) is 0 Å². The van der Waals surface area contributed by atoms with Crippen LogP contribution >= 0.6 is 11.6 Å². The molecule has 0 aromatic heterocycles. The van der Waals surface area contributed by atoms with Crippen LogP contribution in [0, 0.1) is 11.8 Å². The van der Waals surface area contributed by atoms with Gasteiger partial charge in [0, 0.05) is 30.9 Å². The molecule has 3 N–H and O–H groups in total. The van der Waals surface area contributed by atoms with Crippen LogP contribution in [0.15, 0.2) is 4.99 Å².